The van der Waals surface area contributed by atoms with Crippen LogP contribution in [0.1, 0.15) is 43.7 Å². The highest BCUT2D eigenvalue weighted by Gasteiger charge is 2.40. The Morgan fingerprint density at radius 1 is 1.59 bits per heavy atom. The normalized spacial score (nSPS) is 24.8. The predicted octanol–water partition coefficient (Wildman–Crippen LogP) is 1.87. The lowest BCUT2D eigenvalue weighted by Crippen LogP contribution is -2.45. The molecule has 0 aromatic carbocycles. The zero-order valence-electron chi connectivity index (χ0n) is 10.7. The summed E-state index contributed by atoms with van der Waals surface area (Å²) < 4.78 is 1.94. The molecular weight excluding hydrogens is 214 g/mol. The van der Waals surface area contributed by atoms with Gasteiger partial charge in [-0.2, -0.15) is 0 Å². The summed E-state index contributed by atoms with van der Waals surface area (Å²) in [7, 11) is 0. The molecule has 1 aromatic heterocycles. The van der Waals surface area contributed by atoms with Crippen LogP contribution in [0.4, 0.5) is 0 Å². The number of Topliss-reactive ketones (excluding diaryl/α,β-unsaturated/α-hetero) is 1. The quantitative estimate of drug-likeness (QED) is 0.810. The van der Waals surface area contributed by atoms with Gasteiger partial charge in [-0.1, -0.05) is 6.92 Å². The van der Waals surface area contributed by atoms with Crippen LogP contribution in [0, 0.1) is 5.41 Å². The molecule has 0 saturated carbocycles. The first kappa shape index (κ1) is 12.3. The Morgan fingerprint density at radius 2 is 2.41 bits per heavy atom. The third kappa shape index (κ3) is 2.14. The van der Waals surface area contributed by atoms with Crippen molar-refractivity contribution >= 4 is 5.78 Å². The first-order chi connectivity index (χ1) is 8.23. The van der Waals surface area contributed by atoms with Crippen molar-refractivity contribution in [2.75, 3.05) is 13.1 Å². The molecule has 1 aliphatic rings. The van der Waals surface area contributed by atoms with Gasteiger partial charge in [-0.3, -0.25) is 4.79 Å². The minimum atomic E-state index is -0.240. The van der Waals surface area contributed by atoms with E-state index in [1.54, 1.807) is 6.20 Å². The van der Waals surface area contributed by atoms with Gasteiger partial charge in [0.05, 0.1) is 0 Å². The van der Waals surface area contributed by atoms with Gasteiger partial charge in [-0.25, -0.2) is 4.98 Å². The molecule has 0 aliphatic carbocycles. The van der Waals surface area contributed by atoms with Crippen LogP contribution in [0.5, 0.6) is 0 Å². The van der Waals surface area contributed by atoms with Crippen LogP contribution >= 0.6 is 0 Å². The van der Waals surface area contributed by atoms with Crippen LogP contribution in [0.3, 0.4) is 0 Å². The van der Waals surface area contributed by atoms with Crippen LogP contribution in [-0.2, 0) is 6.54 Å². The number of rotatable bonds is 4. The molecule has 2 rings (SSSR count). The van der Waals surface area contributed by atoms with E-state index < -0.39 is 0 Å². The maximum Gasteiger partial charge on any atom is 0.205 e. The monoisotopic (exact) mass is 235 g/mol. The van der Waals surface area contributed by atoms with Gasteiger partial charge in [-0.05, 0) is 32.7 Å². The summed E-state index contributed by atoms with van der Waals surface area (Å²) in [5.74, 6) is 0.831. The van der Waals surface area contributed by atoms with E-state index in [-0.39, 0.29) is 11.2 Å². The lowest BCUT2D eigenvalue weighted by atomic mass is 9.74. The Bertz CT molecular complexity index is 391. The number of ketones is 1. The van der Waals surface area contributed by atoms with E-state index in [0.29, 0.717) is 5.82 Å². The van der Waals surface area contributed by atoms with Crippen LogP contribution in [0.25, 0.3) is 0 Å². The van der Waals surface area contributed by atoms with Crippen molar-refractivity contribution < 1.29 is 4.79 Å². The number of piperidine rings is 1. The second-order valence-corrected chi connectivity index (χ2v) is 4.78. The fourth-order valence-electron chi connectivity index (χ4n) is 2.63. The molecule has 1 aliphatic heterocycles. The second-order valence-electron chi connectivity index (χ2n) is 4.78. The molecule has 0 spiro atoms. The Balaban J connectivity index is 2.28. The van der Waals surface area contributed by atoms with E-state index >= 15 is 0 Å². The highest BCUT2D eigenvalue weighted by atomic mass is 16.1. The van der Waals surface area contributed by atoms with Gasteiger partial charge in [-0.15, -0.1) is 0 Å². The average molecular weight is 235 g/mol. The van der Waals surface area contributed by atoms with E-state index in [4.69, 9.17) is 0 Å². The van der Waals surface area contributed by atoms with Crippen LogP contribution in [0.2, 0.25) is 0 Å². The molecule has 0 radical (unpaired) electrons. The molecule has 4 nitrogen and oxygen atoms in total. The molecule has 1 N–H and O–H groups in total. The van der Waals surface area contributed by atoms with Crippen LogP contribution < -0.4 is 5.32 Å². The van der Waals surface area contributed by atoms with Crippen LogP contribution in [0.15, 0.2) is 12.4 Å². The van der Waals surface area contributed by atoms with Crippen molar-refractivity contribution in [2.45, 2.75) is 39.7 Å². The number of carbonyl (C=O) groups is 1. The first-order valence-corrected chi connectivity index (χ1v) is 6.50. The smallest absolute Gasteiger partial charge is 0.205 e. The third-order valence-electron chi connectivity index (χ3n) is 3.89. The highest BCUT2D eigenvalue weighted by Crippen LogP contribution is 2.33. The predicted molar refractivity (Wildman–Crippen MR) is 67.1 cm³/mol. The van der Waals surface area contributed by atoms with E-state index in [1.807, 2.05) is 17.7 Å². The maximum absolute atomic E-state index is 12.7. The lowest BCUT2D eigenvalue weighted by molar-refractivity contribution is 0.0714. The SMILES string of the molecule is CCn1ccnc1C(=O)C1(CC)CCCNC1. The molecule has 1 aromatic rings. The highest BCUT2D eigenvalue weighted by molar-refractivity contribution is 5.98. The first-order valence-electron chi connectivity index (χ1n) is 6.50. The summed E-state index contributed by atoms with van der Waals surface area (Å²) in [6.45, 7) is 6.75. The minimum Gasteiger partial charge on any atom is -0.329 e. The number of carbonyl (C=O) groups excluding carboxylic acids is 1. The number of nitrogens with zero attached hydrogens (tertiary/aromatic N) is 2. The number of hydrogen-bond donors (Lipinski definition) is 1. The van der Waals surface area contributed by atoms with Crippen molar-refractivity contribution in [3.8, 4) is 0 Å². The molecule has 4 heteroatoms. The summed E-state index contributed by atoms with van der Waals surface area (Å²) in [5, 5.41) is 3.35. The summed E-state index contributed by atoms with van der Waals surface area (Å²) >= 11 is 0. The Hall–Kier alpha value is -1.16. The topological polar surface area (TPSA) is 46.9 Å². The summed E-state index contributed by atoms with van der Waals surface area (Å²) in [6.07, 6.45) is 6.54. The van der Waals surface area contributed by atoms with Gasteiger partial charge in [0.15, 0.2) is 5.82 Å². The molecule has 2 heterocycles. The van der Waals surface area contributed by atoms with Crippen LogP contribution in [-0.4, -0.2) is 28.4 Å². The maximum atomic E-state index is 12.7. The van der Waals surface area contributed by atoms with Gasteiger partial charge in [0.2, 0.25) is 5.78 Å². The number of aryl methyl sites for hydroxylation is 1. The Labute approximate surface area is 102 Å². The summed E-state index contributed by atoms with van der Waals surface area (Å²) in [6, 6.07) is 0. The zero-order valence-corrected chi connectivity index (χ0v) is 10.7. The van der Waals surface area contributed by atoms with Gasteiger partial charge < -0.3 is 9.88 Å². The third-order valence-corrected chi connectivity index (χ3v) is 3.89. The largest absolute Gasteiger partial charge is 0.329 e. The molecule has 1 saturated heterocycles. The van der Waals surface area contributed by atoms with E-state index in [1.165, 1.54) is 0 Å². The molecule has 1 fully saturated rings. The van der Waals surface area contributed by atoms with E-state index in [0.717, 1.165) is 38.9 Å². The number of hydrogen-bond acceptors (Lipinski definition) is 3. The van der Waals surface area contributed by atoms with Gasteiger partial charge in [0.1, 0.15) is 0 Å². The molecule has 0 bridgehead atoms. The van der Waals surface area contributed by atoms with Crippen molar-refractivity contribution in [1.82, 2.24) is 14.9 Å². The lowest BCUT2D eigenvalue weighted by Gasteiger charge is -2.35. The van der Waals surface area contributed by atoms with Crippen molar-refractivity contribution in [1.29, 1.82) is 0 Å². The Morgan fingerprint density at radius 3 is 3.00 bits per heavy atom. The standard InChI is InChI=1S/C13H21N3O/c1-3-13(6-5-7-14-10-13)11(17)12-15-8-9-16(12)4-2/h8-9,14H,3-7,10H2,1-2H3. The molecular formula is C13H21N3O. The van der Waals surface area contributed by atoms with Gasteiger partial charge in [0, 0.05) is 30.9 Å². The van der Waals surface area contributed by atoms with Crippen molar-refractivity contribution in [2.24, 2.45) is 5.41 Å². The molecule has 0 amide bonds. The number of aromatic nitrogens is 2. The number of nitrogens with one attached hydrogen (secondary N) is 1. The molecule has 1 unspecified atom stereocenters. The molecule has 94 valence electrons. The zero-order chi connectivity index (χ0) is 12.3. The van der Waals surface area contributed by atoms with Crippen molar-refractivity contribution in [3.05, 3.63) is 18.2 Å². The molecule has 1 atom stereocenters. The van der Waals surface area contributed by atoms with Gasteiger partial charge in [0.25, 0.3) is 0 Å². The minimum absolute atomic E-state index is 0.207. The second kappa shape index (κ2) is 5.00. The fourth-order valence-corrected chi connectivity index (χ4v) is 2.63. The van der Waals surface area contributed by atoms with E-state index in [9.17, 15) is 4.79 Å². The van der Waals surface area contributed by atoms with Gasteiger partial charge >= 0.3 is 0 Å². The summed E-state index contributed by atoms with van der Waals surface area (Å²) in [5.41, 5.74) is -0.240. The fraction of sp³-hybridized carbons (Fsp3) is 0.692. The van der Waals surface area contributed by atoms with E-state index in [2.05, 4.69) is 17.2 Å². The van der Waals surface area contributed by atoms with Crippen molar-refractivity contribution in [3.63, 3.8) is 0 Å². The average Bonchev–Trinajstić information content (AvgIpc) is 2.86. The summed E-state index contributed by atoms with van der Waals surface area (Å²) in [4.78, 5) is 16.9. The Kier molecular flexibility index (Phi) is 3.62. The number of imidazole rings is 1. The molecule has 17 heavy (non-hydrogen) atoms.